The Hall–Kier alpha value is -3.93. The van der Waals surface area contributed by atoms with Crippen LogP contribution in [0.1, 0.15) is 59.8 Å². The van der Waals surface area contributed by atoms with Gasteiger partial charge in [0.15, 0.2) is 5.69 Å². The molecule has 3 aromatic rings. The third-order valence-electron chi connectivity index (χ3n) is 6.55. The number of rotatable bonds is 11. The predicted octanol–water partition coefficient (Wildman–Crippen LogP) is 5.44. The van der Waals surface area contributed by atoms with E-state index in [-0.39, 0.29) is 42.4 Å². The minimum atomic E-state index is -4.74. The molecular formula is C29H31F4N3O5. The SMILES string of the molecule is CCOC(=O)c1cc(OCc2cc(F)cc(C(F)(F)F)c2)n(CC(=O)NC2CCCCC2OCc2ccccc2)n1. The summed E-state index contributed by atoms with van der Waals surface area (Å²) in [7, 11) is 0. The lowest BCUT2D eigenvalue weighted by Gasteiger charge is -2.32. The maximum atomic E-state index is 13.8. The summed E-state index contributed by atoms with van der Waals surface area (Å²) in [6.07, 6.45) is -1.52. The van der Waals surface area contributed by atoms with Gasteiger partial charge in [-0.05, 0) is 49.1 Å². The monoisotopic (exact) mass is 577 g/mol. The van der Waals surface area contributed by atoms with Crippen LogP contribution >= 0.6 is 0 Å². The van der Waals surface area contributed by atoms with Gasteiger partial charge in [0.05, 0.1) is 30.9 Å². The highest BCUT2D eigenvalue weighted by atomic mass is 19.4. The van der Waals surface area contributed by atoms with Crippen LogP contribution in [0.25, 0.3) is 0 Å². The van der Waals surface area contributed by atoms with Gasteiger partial charge in [-0.3, -0.25) is 4.79 Å². The van der Waals surface area contributed by atoms with E-state index in [4.69, 9.17) is 14.2 Å². The fourth-order valence-corrected chi connectivity index (χ4v) is 4.62. The number of nitrogens with zero attached hydrogens (tertiary/aromatic N) is 2. The van der Waals surface area contributed by atoms with E-state index in [1.54, 1.807) is 6.92 Å². The second-order valence-electron chi connectivity index (χ2n) is 9.67. The van der Waals surface area contributed by atoms with Gasteiger partial charge in [0, 0.05) is 6.07 Å². The lowest BCUT2D eigenvalue weighted by atomic mass is 9.92. The average molecular weight is 578 g/mol. The first-order valence-electron chi connectivity index (χ1n) is 13.3. The molecule has 1 aromatic heterocycles. The Morgan fingerprint density at radius 1 is 1.02 bits per heavy atom. The van der Waals surface area contributed by atoms with Crippen LogP contribution in [0.3, 0.4) is 0 Å². The van der Waals surface area contributed by atoms with Crippen LogP contribution < -0.4 is 10.1 Å². The molecule has 1 N–H and O–H groups in total. The molecule has 1 fully saturated rings. The third kappa shape index (κ3) is 8.53. The molecule has 1 aliphatic carbocycles. The molecule has 4 rings (SSSR count). The number of ether oxygens (including phenoxy) is 3. The van der Waals surface area contributed by atoms with Crippen molar-refractivity contribution in [3.8, 4) is 5.88 Å². The molecular weight excluding hydrogens is 546 g/mol. The zero-order valence-electron chi connectivity index (χ0n) is 22.5. The molecule has 2 atom stereocenters. The van der Waals surface area contributed by atoms with Gasteiger partial charge in [-0.1, -0.05) is 43.2 Å². The van der Waals surface area contributed by atoms with Gasteiger partial charge in [-0.2, -0.15) is 18.3 Å². The molecule has 0 radical (unpaired) electrons. The van der Waals surface area contributed by atoms with Crippen LogP contribution in [0.15, 0.2) is 54.6 Å². The van der Waals surface area contributed by atoms with Crippen LogP contribution in [0.5, 0.6) is 5.88 Å². The Labute approximate surface area is 234 Å². The van der Waals surface area contributed by atoms with Crippen molar-refractivity contribution in [2.75, 3.05) is 6.61 Å². The molecule has 1 heterocycles. The lowest BCUT2D eigenvalue weighted by Crippen LogP contribution is -2.47. The number of carbonyl (C=O) groups excluding carboxylic acids is 2. The van der Waals surface area contributed by atoms with Crippen molar-refractivity contribution in [3.63, 3.8) is 0 Å². The number of carbonyl (C=O) groups is 2. The van der Waals surface area contributed by atoms with E-state index in [2.05, 4.69) is 10.4 Å². The van der Waals surface area contributed by atoms with Gasteiger partial charge in [0.25, 0.3) is 0 Å². The highest BCUT2D eigenvalue weighted by Gasteiger charge is 2.32. The Bertz CT molecular complexity index is 1330. The Kier molecular flexibility index (Phi) is 9.98. The molecule has 1 amide bonds. The molecule has 0 aliphatic heterocycles. The highest BCUT2D eigenvalue weighted by Crippen LogP contribution is 2.31. The number of hydrogen-bond donors (Lipinski definition) is 1. The molecule has 8 nitrogen and oxygen atoms in total. The van der Waals surface area contributed by atoms with E-state index < -0.39 is 36.0 Å². The van der Waals surface area contributed by atoms with E-state index in [1.165, 1.54) is 6.07 Å². The van der Waals surface area contributed by atoms with Gasteiger partial charge in [-0.25, -0.2) is 13.9 Å². The molecule has 1 aliphatic rings. The van der Waals surface area contributed by atoms with E-state index in [0.717, 1.165) is 48.1 Å². The summed E-state index contributed by atoms with van der Waals surface area (Å²) in [6.45, 7) is 1.30. The maximum Gasteiger partial charge on any atom is 0.416 e. The standard InChI is InChI=1S/C29H31F4N3O5/c1-2-39-28(38)24-15-27(41-18-20-12-21(29(31,32)33)14-22(30)13-20)36(35-24)16-26(37)34-23-10-6-7-11-25(23)40-17-19-8-4-3-5-9-19/h3-5,8-9,12-15,23,25H,2,6-7,10-11,16-18H2,1H3,(H,34,37). The third-order valence-corrected chi connectivity index (χ3v) is 6.55. The van der Waals surface area contributed by atoms with E-state index in [1.807, 2.05) is 30.3 Å². The fourth-order valence-electron chi connectivity index (χ4n) is 4.62. The molecule has 12 heteroatoms. The van der Waals surface area contributed by atoms with Crippen LogP contribution in [-0.4, -0.2) is 40.4 Å². The quantitative estimate of drug-likeness (QED) is 0.241. The lowest BCUT2D eigenvalue weighted by molar-refractivity contribution is -0.137. The van der Waals surface area contributed by atoms with Crippen LogP contribution in [0.4, 0.5) is 17.6 Å². The summed E-state index contributed by atoms with van der Waals surface area (Å²) in [5.74, 6) is -2.32. The first kappa shape index (κ1) is 30.0. The van der Waals surface area contributed by atoms with Crippen molar-refractivity contribution in [1.29, 1.82) is 0 Å². The minimum absolute atomic E-state index is 0.0680. The van der Waals surface area contributed by atoms with E-state index in [0.29, 0.717) is 12.7 Å². The highest BCUT2D eigenvalue weighted by molar-refractivity contribution is 5.87. The Morgan fingerprint density at radius 2 is 1.78 bits per heavy atom. The van der Waals surface area contributed by atoms with Crippen molar-refractivity contribution in [1.82, 2.24) is 15.1 Å². The maximum absolute atomic E-state index is 13.8. The number of alkyl halides is 3. The molecule has 2 unspecified atom stereocenters. The number of hydrogen-bond acceptors (Lipinski definition) is 6. The molecule has 0 bridgehead atoms. The topological polar surface area (TPSA) is 91.7 Å². The number of benzene rings is 2. The molecule has 220 valence electrons. The van der Waals surface area contributed by atoms with Crippen molar-refractivity contribution < 1.29 is 41.4 Å². The second kappa shape index (κ2) is 13.6. The fraction of sp³-hybridized carbons (Fsp3) is 0.414. The van der Waals surface area contributed by atoms with Crippen LogP contribution in [0, 0.1) is 5.82 Å². The first-order chi connectivity index (χ1) is 19.6. The summed E-state index contributed by atoms with van der Waals surface area (Å²) in [5, 5.41) is 7.09. The predicted molar refractivity (Wildman–Crippen MR) is 139 cm³/mol. The van der Waals surface area contributed by atoms with Crippen molar-refractivity contribution in [3.05, 3.63) is 82.8 Å². The van der Waals surface area contributed by atoms with Gasteiger partial charge in [-0.15, -0.1) is 0 Å². The number of esters is 1. The Balaban J connectivity index is 1.45. The molecule has 1 saturated carbocycles. The van der Waals surface area contributed by atoms with Crippen LogP contribution in [-0.2, 0) is 40.2 Å². The molecule has 41 heavy (non-hydrogen) atoms. The summed E-state index contributed by atoms with van der Waals surface area (Å²) in [5.41, 5.74) is -0.374. The first-order valence-corrected chi connectivity index (χ1v) is 13.3. The van der Waals surface area contributed by atoms with Gasteiger partial charge in [0.1, 0.15) is 19.0 Å². The molecule has 0 saturated heterocycles. The van der Waals surface area contributed by atoms with Gasteiger partial charge >= 0.3 is 12.1 Å². The van der Waals surface area contributed by atoms with E-state index >= 15 is 0 Å². The van der Waals surface area contributed by atoms with Crippen molar-refractivity contribution in [2.24, 2.45) is 0 Å². The molecule has 0 spiro atoms. The number of nitrogens with one attached hydrogen (secondary N) is 1. The summed E-state index contributed by atoms with van der Waals surface area (Å²) in [4.78, 5) is 25.3. The van der Waals surface area contributed by atoms with Crippen molar-refractivity contribution >= 4 is 11.9 Å². The largest absolute Gasteiger partial charge is 0.473 e. The van der Waals surface area contributed by atoms with Crippen molar-refractivity contribution in [2.45, 2.75) is 70.7 Å². The average Bonchev–Trinajstić information content (AvgIpc) is 3.34. The summed E-state index contributed by atoms with van der Waals surface area (Å²) < 4.78 is 71.0. The smallest absolute Gasteiger partial charge is 0.416 e. The van der Waals surface area contributed by atoms with Gasteiger partial charge < -0.3 is 19.5 Å². The zero-order chi connectivity index (χ0) is 29.4. The second-order valence-corrected chi connectivity index (χ2v) is 9.67. The number of halogens is 4. The normalized spacial score (nSPS) is 17.2. The van der Waals surface area contributed by atoms with Crippen LogP contribution in [0.2, 0.25) is 0 Å². The summed E-state index contributed by atoms with van der Waals surface area (Å²) in [6, 6.07) is 12.8. The number of aromatic nitrogens is 2. The molecule has 2 aromatic carbocycles. The minimum Gasteiger partial charge on any atom is -0.473 e. The summed E-state index contributed by atoms with van der Waals surface area (Å²) >= 11 is 0. The Morgan fingerprint density at radius 3 is 2.51 bits per heavy atom. The van der Waals surface area contributed by atoms with E-state index in [9.17, 15) is 27.2 Å². The number of amides is 1. The van der Waals surface area contributed by atoms with Gasteiger partial charge in [0.2, 0.25) is 11.8 Å². The zero-order valence-corrected chi connectivity index (χ0v) is 22.5.